The lowest BCUT2D eigenvalue weighted by atomic mass is 10.2. The Morgan fingerprint density at radius 3 is 1.88 bits per heavy atom. The van der Waals surface area contributed by atoms with Gasteiger partial charge in [0.1, 0.15) is 0 Å². The predicted octanol–water partition coefficient (Wildman–Crippen LogP) is 6.58. The van der Waals surface area contributed by atoms with Crippen LogP contribution in [0.4, 0.5) is 0 Å². The summed E-state index contributed by atoms with van der Waals surface area (Å²) < 4.78 is 0. The van der Waals surface area contributed by atoms with Gasteiger partial charge in [0.25, 0.3) is 0 Å². The standard InChI is InChI=1S/C23H36Si2/c1-6-7-10-19-23(25(4,5)22-17-13-9-14-18-22)24(2,3)20-21-15-11-8-12-16-21/h8-9,11-18,23H,6-7,10,19-20H2,1-5H3/t23-/m0/s1. The Hall–Kier alpha value is -1.13. The van der Waals surface area contributed by atoms with Crippen molar-refractivity contribution in [3.63, 3.8) is 0 Å². The average molecular weight is 369 g/mol. The summed E-state index contributed by atoms with van der Waals surface area (Å²) in [5.41, 5.74) is 1.54. The van der Waals surface area contributed by atoms with Crippen molar-refractivity contribution in [3.8, 4) is 0 Å². The molecule has 0 nitrogen and oxygen atoms in total. The summed E-state index contributed by atoms with van der Waals surface area (Å²) in [4.78, 5) is 0. The summed E-state index contributed by atoms with van der Waals surface area (Å²) >= 11 is 0. The minimum atomic E-state index is -1.49. The summed E-state index contributed by atoms with van der Waals surface area (Å²) in [7, 11) is -2.87. The maximum absolute atomic E-state index is 2.65. The zero-order chi connectivity index (χ0) is 18.3. The Bertz CT molecular complexity index is 617. The molecule has 2 aromatic carbocycles. The Morgan fingerprint density at radius 1 is 0.760 bits per heavy atom. The van der Waals surface area contributed by atoms with E-state index in [1.807, 2.05) is 0 Å². The molecule has 0 spiro atoms. The highest BCUT2D eigenvalue weighted by atomic mass is 28.4. The molecule has 0 aliphatic rings. The molecular weight excluding hydrogens is 332 g/mol. The van der Waals surface area contributed by atoms with E-state index in [1.165, 1.54) is 37.3 Å². The second-order valence-electron chi connectivity index (χ2n) is 8.79. The van der Waals surface area contributed by atoms with Crippen molar-refractivity contribution in [3.05, 3.63) is 66.2 Å². The van der Waals surface area contributed by atoms with Crippen LogP contribution in [0.5, 0.6) is 0 Å². The van der Waals surface area contributed by atoms with Crippen LogP contribution >= 0.6 is 0 Å². The van der Waals surface area contributed by atoms with Crippen LogP contribution in [0, 0.1) is 0 Å². The largest absolute Gasteiger partial charge is 0.0811 e. The second-order valence-corrected chi connectivity index (χ2v) is 19.1. The molecule has 0 aromatic heterocycles. The molecule has 1 atom stereocenters. The molecule has 0 saturated heterocycles. The fourth-order valence-corrected chi connectivity index (χ4v) is 18.2. The fourth-order valence-electron chi connectivity index (χ4n) is 4.64. The second kappa shape index (κ2) is 9.00. The van der Waals surface area contributed by atoms with Gasteiger partial charge in [-0.25, -0.2) is 0 Å². The molecule has 0 amide bonds. The molecule has 0 N–H and O–H groups in total. The van der Waals surface area contributed by atoms with Gasteiger partial charge in [0.15, 0.2) is 0 Å². The molecule has 0 aliphatic heterocycles. The highest BCUT2D eigenvalue weighted by Crippen LogP contribution is 2.38. The molecular formula is C23H36Si2. The molecule has 136 valence electrons. The zero-order valence-electron chi connectivity index (χ0n) is 16.9. The molecule has 0 saturated carbocycles. The maximum atomic E-state index is 2.65. The van der Waals surface area contributed by atoms with Gasteiger partial charge in [0, 0.05) is 0 Å². The van der Waals surface area contributed by atoms with E-state index in [0.29, 0.717) is 0 Å². The van der Waals surface area contributed by atoms with Crippen LogP contribution in [-0.4, -0.2) is 16.1 Å². The lowest BCUT2D eigenvalue weighted by Gasteiger charge is -2.43. The first-order valence-corrected chi connectivity index (χ1v) is 16.3. The number of rotatable bonds is 9. The van der Waals surface area contributed by atoms with Gasteiger partial charge in [-0.05, 0) is 11.2 Å². The molecule has 0 bridgehead atoms. The smallest absolute Gasteiger partial charge is 0.0691 e. The lowest BCUT2D eigenvalue weighted by Crippen LogP contribution is -2.56. The van der Waals surface area contributed by atoms with Gasteiger partial charge in [0.2, 0.25) is 0 Å². The van der Waals surface area contributed by atoms with Crippen LogP contribution in [-0.2, 0) is 6.04 Å². The third-order valence-corrected chi connectivity index (χ3v) is 17.8. The molecule has 0 aliphatic carbocycles. The summed E-state index contributed by atoms with van der Waals surface area (Å²) in [5, 5.41) is 2.57. The first kappa shape index (κ1) is 20.2. The van der Waals surface area contributed by atoms with Crippen LogP contribution in [0.1, 0.15) is 38.2 Å². The first-order valence-electron chi connectivity index (χ1n) is 9.97. The maximum Gasteiger partial charge on any atom is 0.0811 e. The number of unbranched alkanes of at least 4 members (excludes halogenated alkanes) is 2. The molecule has 0 fully saturated rings. The van der Waals surface area contributed by atoms with Gasteiger partial charge < -0.3 is 0 Å². The van der Waals surface area contributed by atoms with E-state index in [0.717, 1.165) is 5.16 Å². The Kier molecular flexibility index (Phi) is 7.27. The zero-order valence-corrected chi connectivity index (χ0v) is 18.9. The van der Waals surface area contributed by atoms with Crippen molar-refractivity contribution < 1.29 is 0 Å². The molecule has 25 heavy (non-hydrogen) atoms. The minimum absolute atomic E-state index is 0.925. The third-order valence-electron chi connectivity index (χ3n) is 5.93. The van der Waals surface area contributed by atoms with Gasteiger partial charge in [-0.1, -0.05) is 130 Å². The number of hydrogen-bond donors (Lipinski definition) is 0. The van der Waals surface area contributed by atoms with Crippen LogP contribution in [0.15, 0.2) is 60.7 Å². The normalized spacial score (nSPS) is 13.6. The summed E-state index contributed by atoms with van der Waals surface area (Å²) in [6.45, 7) is 12.9. The van der Waals surface area contributed by atoms with Crippen molar-refractivity contribution in [2.24, 2.45) is 0 Å². The number of hydrogen-bond acceptors (Lipinski definition) is 0. The summed E-state index contributed by atoms with van der Waals surface area (Å²) in [6.07, 6.45) is 5.52. The topological polar surface area (TPSA) is 0 Å². The van der Waals surface area contributed by atoms with E-state index in [4.69, 9.17) is 0 Å². The van der Waals surface area contributed by atoms with E-state index in [1.54, 1.807) is 5.19 Å². The van der Waals surface area contributed by atoms with Crippen LogP contribution in [0.2, 0.25) is 31.4 Å². The van der Waals surface area contributed by atoms with E-state index >= 15 is 0 Å². The monoisotopic (exact) mass is 368 g/mol. The van der Waals surface area contributed by atoms with Gasteiger partial charge in [-0.15, -0.1) is 0 Å². The molecule has 2 aromatic rings. The van der Waals surface area contributed by atoms with Crippen LogP contribution in [0.25, 0.3) is 0 Å². The minimum Gasteiger partial charge on any atom is -0.0691 e. The van der Waals surface area contributed by atoms with Crippen molar-refractivity contribution >= 4 is 21.3 Å². The van der Waals surface area contributed by atoms with Gasteiger partial charge in [0.05, 0.1) is 16.1 Å². The third kappa shape index (κ3) is 5.42. The van der Waals surface area contributed by atoms with Gasteiger partial charge in [-0.3, -0.25) is 0 Å². The molecule has 2 rings (SSSR count). The van der Waals surface area contributed by atoms with Gasteiger partial charge in [-0.2, -0.15) is 0 Å². The van der Waals surface area contributed by atoms with Crippen LogP contribution in [0.3, 0.4) is 0 Å². The lowest BCUT2D eigenvalue weighted by molar-refractivity contribution is 0.675. The quantitative estimate of drug-likeness (QED) is 0.346. The van der Waals surface area contributed by atoms with Crippen molar-refractivity contribution in [1.82, 2.24) is 0 Å². The molecule has 0 heterocycles. The Balaban J connectivity index is 2.30. The molecule has 2 heteroatoms. The summed E-state index contributed by atoms with van der Waals surface area (Å²) in [5.74, 6) is 0. The number of benzene rings is 2. The summed E-state index contributed by atoms with van der Waals surface area (Å²) in [6, 6.07) is 23.9. The average Bonchev–Trinajstić information content (AvgIpc) is 2.59. The van der Waals surface area contributed by atoms with Crippen molar-refractivity contribution in [1.29, 1.82) is 0 Å². The predicted molar refractivity (Wildman–Crippen MR) is 119 cm³/mol. The van der Waals surface area contributed by atoms with Crippen molar-refractivity contribution in [2.75, 3.05) is 0 Å². The molecule has 0 unspecified atom stereocenters. The van der Waals surface area contributed by atoms with E-state index in [-0.39, 0.29) is 0 Å². The SMILES string of the molecule is CCCCC[C@@H]([Si](C)(C)Cc1ccccc1)[Si](C)(C)c1ccccc1. The van der Waals surface area contributed by atoms with Gasteiger partial charge >= 0.3 is 0 Å². The van der Waals surface area contributed by atoms with Crippen molar-refractivity contribution in [2.45, 2.75) is 70.0 Å². The fraction of sp³-hybridized carbons (Fsp3) is 0.478. The Labute approximate surface area is 157 Å². The van der Waals surface area contributed by atoms with E-state index in [2.05, 4.69) is 93.8 Å². The highest BCUT2D eigenvalue weighted by Gasteiger charge is 2.43. The van der Waals surface area contributed by atoms with E-state index < -0.39 is 16.1 Å². The van der Waals surface area contributed by atoms with E-state index in [9.17, 15) is 0 Å². The Morgan fingerprint density at radius 2 is 1.32 bits per heavy atom. The highest BCUT2D eigenvalue weighted by molar-refractivity contribution is 7.03. The molecule has 0 radical (unpaired) electrons. The van der Waals surface area contributed by atoms with Crippen LogP contribution < -0.4 is 5.19 Å². The first-order chi connectivity index (χ1) is 11.9.